The van der Waals surface area contributed by atoms with Crippen molar-refractivity contribution >= 4 is 11.8 Å². The molecule has 0 saturated carbocycles. The highest BCUT2D eigenvalue weighted by molar-refractivity contribution is 7.99. The molecule has 0 unspecified atom stereocenters. The zero-order chi connectivity index (χ0) is 13.8. The number of halogens is 1. The lowest BCUT2D eigenvalue weighted by Gasteiger charge is -2.07. The molecule has 0 fully saturated rings. The fourth-order valence-corrected chi connectivity index (χ4v) is 3.02. The lowest BCUT2D eigenvalue weighted by Crippen LogP contribution is -2.05. The number of hydrogen-bond donors (Lipinski definition) is 1. The van der Waals surface area contributed by atoms with Gasteiger partial charge in [0.25, 0.3) is 0 Å². The van der Waals surface area contributed by atoms with Gasteiger partial charge in [0.2, 0.25) is 0 Å². The average Bonchev–Trinajstić information content (AvgIpc) is 2.26. The Morgan fingerprint density at radius 3 is 2.63 bits per heavy atom. The lowest BCUT2D eigenvalue weighted by atomic mass is 10.2. The van der Waals surface area contributed by atoms with E-state index in [4.69, 9.17) is 0 Å². The molecule has 2 nitrogen and oxygen atoms in total. The third-order valence-corrected chi connectivity index (χ3v) is 3.50. The van der Waals surface area contributed by atoms with Crippen LogP contribution >= 0.6 is 11.8 Å². The van der Waals surface area contributed by atoms with E-state index in [1.165, 1.54) is 17.3 Å². The van der Waals surface area contributed by atoms with E-state index in [0.717, 1.165) is 21.2 Å². The summed E-state index contributed by atoms with van der Waals surface area (Å²) in [7, 11) is 1.85. The molecule has 19 heavy (non-hydrogen) atoms. The van der Waals surface area contributed by atoms with Crippen molar-refractivity contribution in [1.82, 2.24) is 10.3 Å². The molecular formula is C15H17FN2S. The van der Waals surface area contributed by atoms with Gasteiger partial charge in [-0.05, 0) is 62.4 Å². The Balaban J connectivity index is 2.27. The van der Waals surface area contributed by atoms with Gasteiger partial charge in [-0.15, -0.1) is 0 Å². The SMILES string of the molecule is CNCc1cc(F)cc(Sc2cc(C)cc(C)n2)c1. The first-order chi connectivity index (χ1) is 9.06. The second-order valence-corrected chi connectivity index (χ2v) is 5.65. The number of pyridine rings is 1. The molecule has 0 aliphatic heterocycles. The minimum Gasteiger partial charge on any atom is -0.316 e. The molecule has 0 aliphatic carbocycles. The van der Waals surface area contributed by atoms with Gasteiger partial charge in [-0.2, -0.15) is 0 Å². The summed E-state index contributed by atoms with van der Waals surface area (Å²) in [6.07, 6.45) is 0. The van der Waals surface area contributed by atoms with Gasteiger partial charge in [0.05, 0.1) is 0 Å². The van der Waals surface area contributed by atoms with Crippen LogP contribution in [0.3, 0.4) is 0 Å². The van der Waals surface area contributed by atoms with E-state index in [1.807, 2.05) is 39.1 Å². The van der Waals surface area contributed by atoms with Gasteiger partial charge in [0.15, 0.2) is 0 Å². The van der Waals surface area contributed by atoms with Crippen LogP contribution in [0.2, 0.25) is 0 Å². The second kappa shape index (κ2) is 6.17. The minimum absolute atomic E-state index is 0.209. The first-order valence-corrected chi connectivity index (χ1v) is 6.95. The molecule has 0 saturated heterocycles. The number of hydrogen-bond acceptors (Lipinski definition) is 3. The van der Waals surface area contributed by atoms with Crippen LogP contribution in [0.5, 0.6) is 0 Å². The van der Waals surface area contributed by atoms with Crippen LogP contribution in [-0.2, 0) is 6.54 Å². The standard InChI is InChI=1S/C15H17FN2S/c1-10-4-11(2)18-15(5-10)19-14-7-12(9-17-3)6-13(16)8-14/h4-8,17H,9H2,1-3H3. The Morgan fingerprint density at radius 2 is 1.95 bits per heavy atom. The fourth-order valence-electron chi connectivity index (χ4n) is 1.96. The molecule has 1 aromatic carbocycles. The number of aryl methyl sites for hydroxylation is 2. The molecule has 1 aromatic heterocycles. The van der Waals surface area contributed by atoms with E-state index in [2.05, 4.69) is 10.3 Å². The summed E-state index contributed by atoms with van der Waals surface area (Å²) < 4.78 is 13.6. The van der Waals surface area contributed by atoms with Crippen molar-refractivity contribution in [2.45, 2.75) is 30.3 Å². The van der Waals surface area contributed by atoms with E-state index < -0.39 is 0 Å². The molecule has 1 N–H and O–H groups in total. The molecule has 2 rings (SSSR count). The van der Waals surface area contributed by atoms with Gasteiger partial charge in [0, 0.05) is 17.1 Å². The van der Waals surface area contributed by atoms with Crippen molar-refractivity contribution in [3.8, 4) is 0 Å². The molecule has 0 radical (unpaired) electrons. The van der Waals surface area contributed by atoms with Gasteiger partial charge in [-0.3, -0.25) is 0 Å². The molecular weight excluding hydrogens is 259 g/mol. The quantitative estimate of drug-likeness (QED) is 0.921. The normalized spacial score (nSPS) is 10.7. The molecule has 0 atom stereocenters. The van der Waals surface area contributed by atoms with E-state index >= 15 is 0 Å². The number of rotatable bonds is 4. The first-order valence-electron chi connectivity index (χ1n) is 6.14. The van der Waals surface area contributed by atoms with Gasteiger partial charge < -0.3 is 5.32 Å². The summed E-state index contributed by atoms with van der Waals surface area (Å²) in [6.45, 7) is 4.66. The van der Waals surface area contributed by atoms with Crippen molar-refractivity contribution in [1.29, 1.82) is 0 Å². The maximum Gasteiger partial charge on any atom is 0.124 e. The Kier molecular flexibility index (Phi) is 4.56. The molecule has 4 heteroatoms. The van der Waals surface area contributed by atoms with Crippen LogP contribution in [0, 0.1) is 19.7 Å². The molecule has 0 bridgehead atoms. The topological polar surface area (TPSA) is 24.9 Å². The van der Waals surface area contributed by atoms with Gasteiger partial charge in [-0.1, -0.05) is 11.8 Å². The molecule has 0 aliphatic rings. The van der Waals surface area contributed by atoms with Crippen LogP contribution in [0.15, 0.2) is 40.3 Å². The maximum atomic E-state index is 13.6. The predicted octanol–water partition coefficient (Wildman–Crippen LogP) is 3.71. The van der Waals surface area contributed by atoms with E-state index in [-0.39, 0.29) is 5.82 Å². The van der Waals surface area contributed by atoms with Crippen LogP contribution in [0.1, 0.15) is 16.8 Å². The molecule has 100 valence electrons. The smallest absolute Gasteiger partial charge is 0.124 e. The summed E-state index contributed by atoms with van der Waals surface area (Å²) in [5.41, 5.74) is 3.09. The zero-order valence-corrected chi connectivity index (χ0v) is 12.1. The number of nitrogens with one attached hydrogen (secondary N) is 1. The molecule has 2 aromatic rings. The van der Waals surface area contributed by atoms with Crippen molar-refractivity contribution in [3.05, 3.63) is 53.0 Å². The fraction of sp³-hybridized carbons (Fsp3) is 0.267. The molecule has 1 heterocycles. The Bertz CT molecular complexity index is 564. The Hall–Kier alpha value is -1.39. The van der Waals surface area contributed by atoms with E-state index in [9.17, 15) is 4.39 Å². The van der Waals surface area contributed by atoms with Crippen LogP contribution < -0.4 is 5.32 Å². The van der Waals surface area contributed by atoms with E-state index in [0.29, 0.717) is 6.54 Å². The maximum absolute atomic E-state index is 13.6. The van der Waals surface area contributed by atoms with Crippen molar-refractivity contribution in [2.75, 3.05) is 7.05 Å². The second-order valence-electron chi connectivity index (χ2n) is 4.55. The summed E-state index contributed by atoms with van der Waals surface area (Å²) >= 11 is 1.49. The zero-order valence-electron chi connectivity index (χ0n) is 11.3. The van der Waals surface area contributed by atoms with Gasteiger partial charge in [0.1, 0.15) is 10.8 Å². The van der Waals surface area contributed by atoms with Gasteiger partial charge >= 0.3 is 0 Å². The predicted molar refractivity (Wildman–Crippen MR) is 77.0 cm³/mol. The average molecular weight is 276 g/mol. The first kappa shape index (κ1) is 14.0. The number of aromatic nitrogens is 1. The largest absolute Gasteiger partial charge is 0.316 e. The minimum atomic E-state index is -0.209. The number of nitrogens with zero attached hydrogens (tertiary/aromatic N) is 1. The third kappa shape index (κ3) is 4.04. The summed E-state index contributed by atoms with van der Waals surface area (Å²) in [5, 5.41) is 3.93. The summed E-state index contributed by atoms with van der Waals surface area (Å²) in [6, 6.07) is 9.13. The highest BCUT2D eigenvalue weighted by Crippen LogP contribution is 2.28. The summed E-state index contributed by atoms with van der Waals surface area (Å²) in [5.74, 6) is -0.209. The van der Waals surface area contributed by atoms with Crippen molar-refractivity contribution in [3.63, 3.8) is 0 Å². The Labute approximate surface area is 117 Å². The highest BCUT2D eigenvalue weighted by atomic mass is 32.2. The number of benzene rings is 1. The third-order valence-electron chi connectivity index (χ3n) is 2.61. The highest BCUT2D eigenvalue weighted by Gasteiger charge is 2.05. The Morgan fingerprint density at radius 1 is 1.16 bits per heavy atom. The van der Waals surface area contributed by atoms with Crippen molar-refractivity contribution < 1.29 is 4.39 Å². The van der Waals surface area contributed by atoms with Crippen molar-refractivity contribution in [2.24, 2.45) is 0 Å². The van der Waals surface area contributed by atoms with Gasteiger partial charge in [-0.25, -0.2) is 9.37 Å². The van der Waals surface area contributed by atoms with Crippen LogP contribution in [0.4, 0.5) is 4.39 Å². The summed E-state index contributed by atoms with van der Waals surface area (Å²) in [4.78, 5) is 5.34. The lowest BCUT2D eigenvalue weighted by molar-refractivity contribution is 0.619. The van der Waals surface area contributed by atoms with E-state index in [1.54, 1.807) is 12.1 Å². The van der Waals surface area contributed by atoms with Crippen LogP contribution in [0.25, 0.3) is 0 Å². The van der Waals surface area contributed by atoms with Crippen LogP contribution in [-0.4, -0.2) is 12.0 Å². The molecule has 0 spiro atoms. The monoisotopic (exact) mass is 276 g/mol. The molecule has 0 amide bonds.